The molecule has 0 radical (unpaired) electrons. The number of anilines is 1. The summed E-state index contributed by atoms with van der Waals surface area (Å²) < 4.78 is 13.4. The SMILES string of the molecule is CCNC(=O)[C@H]1O[C@@H](n2cnc3c(N[C@@H]4CCC[C@H]4Oc4ccccc4Cl)ncnc32)[C@H](O)[C@@H]1O. The highest BCUT2D eigenvalue weighted by molar-refractivity contribution is 6.32. The fourth-order valence-electron chi connectivity index (χ4n) is 4.64. The highest BCUT2D eigenvalue weighted by Crippen LogP contribution is 2.34. The summed E-state index contributed by atoms with van der Waals surface area (Å²) in [5.74, 6) is 0.660. The van der Waals surface area contributed by atoms with Crippen molar-refractivity contribution in [3.8, 4) is 5.75 Å². The first-order valence-corrected chi connectivity index (χ1v) is 12.0. The van der Waals surface area contributed by atoms with Gasteiger partial charge in [-0.3, -0.25) is 9.36 Å². The third kappa shape index (κ3) is 4.52. The van der Waals surface area contributed by atoms with E-state index in [-0.39, 0.29) is 12.1 Å². The lowest BCUT2D eigenvalue weighted by atomic mass is 10.1. The molecule has 5 rings (SSSR count). The number of carbonyl (C=O) groups is 1. The zero-order valence-corrected chi connectivity index (χ0v) is 19.8. The number of aromatic nitrogens is 4. The first-order valence-electron chi connectivity index (χ1n) is 11.6. The zero-order chi connectivity index (χ0) is 24.5. The number of nitrogens with one attached hydrogen (secondary N) is 2. The van der Waals surface area contributed by atoms with Gasteiger partial charge in [-0.15, -0.1) is 0 Å². The molecule has 2 aliphatic rings. The number of para-hydroxylation sites is 1. The van der Waals surface area contributed by atoms with E-state index in [9.17, 15) is 15.0 Å². The maximum atomic E-state index is 12.2. The third-order valence-electron chi connectivity index (χ3n) is 6.37. The predicted octanol–water partition coefficient (Wildman–Crippen LogP) is 1.65. The highest BCUT2D eigenvalue weighted by atomic mass is 35.5. The van der Waals surface area contributed by atoms with Crippen LogP contribution in [0.25, 0.3) is 11.2 Å². The Balaban J connectivity index is 1.36. The van der Waals surface area contributed by atoms with Gasteiger partial charge in [-0.05, 0) is 38.3 Å². The average molecular weight is 503 g/mol. The van der Waals surface area contributed by atoms with Crippen molar-refractivity contribution in [3.05, 3.63) is 41.9 Å². The summed E-state index contributed by atoms with van der Waals surface area (Å²) in [6.45, 7) is 2.14. The molecule has 4 N–H and O–H groups in total. The van der Waals surface area contributed by atoms with Gasteiger partial charge in [-0.25, -0.2) is 15.0 Å². The summed E-state index contributed by atoms with van der Waals surface area (Å²) in [4.78, 5) is 25.3. The van der Waals surface area contributed by atoms with Crippen LogP contribution in [-0.2, 0) is 9.53 Å². The van der Waals surface area contributed by atoms with Gasteiger partial charge < -0.3 is 30.3 Å². The molecule has 186 valence electrons. The van der Waals surface area contributed by atoms with Gasteiger partial charge in [0.25, 0.3) is 5.91 Å². The second kappa shape index (κ2) is 9.94. The van der Waals surface area contributed by atoms with E-state index in [1.54, 1.807) is 13.0 Å². The van der Waals surface area contributed by atoms with Crippen LogP contribution in [0, 0.1) is 0 Å². The number of nitrogens with zero attached hydrogens (tertiary/aromatic N) is 4. The van der Waals surface area contributed by atoms with E-state index >= 15 is 0 Å². The molecule has 1 amide bonds. The number of likely N-dealkylation sites (N-methyl/N-ethyl adjacent to an activating group) is 1. The van der Waals surface area contributed by atoms with Crippen LogP contribution in [0.4, 0.5) is 5.82 Å². The highest BCUT2D eigenvalue weighted by Gasteiger charge is 2.47. The summed E-state index contributed by atoms with van der Waals surface area (Å²) in [7, 11) is 0. The average Bonchev–Trinajstić information content (AvgIpc) is 3.55. The fourth-order valence-corrected chi connectivity index (χ4v) is 4.82. The van der Waals surface area contributed by atoms with Crippen LogP contribution in [0.15, 0.2) is 36.9 Å². The van der Waals surface area contributed by atoms with Gasteiger partial charge in [0.2, 0.25) is 0 Å². The molecule has 1 aliphatic heterocycles. The maximum Gasteiger partial charge on any atom is 0.252 e. The molecule has 0 unspecified atom stereocenters. The summed E-state index contributed by atoms with van der Waals surface area (Å²) in [5.41, 5.74) is 0.875. The quantitative estimate of drug-likeness (QED) is 0.379. The Bertz CT molecular complexity index is 1210. The van der Waals surface area contributed by atoms with Gasteiger partial charge in [0.15, 0.2) is 29.3 Å². The molecule has 1 saturated carbocycles. The number of amides is 1. The normalized spacial score (nSPS) is 28.3. The van der Waals surface area contributed by atoms with E-state index in [1.165, 1.54) is 17.2 Å². The van der Waals surface area contributed by atoms with Crippen LogP contribution in [0.2, 0.25) is 5.02 Å². The van der Waals surface area contributed by atoms with Crippen LogP contribution in [0.5, 0.6) is 5.75 Å². The molecule has 2 aromatic heterocycles. The van der Waals surface area contributed by atoms with E-state index in [1.807, 2.05) is 18.2 Å². The molecule has 6 atom stereocenters. The topological polar surface area (TPSA) is 144 Å². The molecule has 35 heavy (non-hydrogen) atoms. The van der Waals surface area contributed by atoms with Gasteiger partial charge >= 0.3 is 0 Å². The van der Waals surface area contributed by atoms with E-state index < -0.39 is 30.4 Å². The molecule has 11 nitrogen and oxygen atoms in total. The van der Waals surface area contributed by atoms with Crippen LogP contribution >= 0.6 is 11.6 Å². The van der Waals surface area contributed by atoms with Crippen molar-refractivity contribution < 1.29 is 24.5 Å². The number of rotatable bonds is 7. The second-order valence-corrected chi connectivity index (χ2v) is 9.05. The molecule has 12 heteroatoms. The molecule has 2 fully saturated rings. The van der Waals surface area contributed by atoms with Crippen LogP contribution in [-0.4, -0.2) is 72.6 Å². The number of fused-ring (bicyclic) bond motifs is 1. The van der Waals surface area contributed by atoms with Gasteiger partial charge in [0.1, 0.15) is 30.4 Å². The summed E-state index contributed by atoms with van der Waals surface area (Å²) in [6, 6.07) is 7.35. The molecule has 3 aromatic rings. The third-order valence-corrected chi connectivity index (χ3v) is 6.68. The standard InChI is InChI=1S/C23H27ClN6O5/c1-2-25-22(33)19-17(31)18(32)23(35-19)30-11-28-16-20(26-10-27-21(16)30)29-13-7-5-9-15(13)34-14-8-4-3-6-12(14)24/h3-4,6,8,10-11,13,15,17-19,23,31-32H,2,5,7,9H2,1H3,(H,25,33)(H,26,27,29)/t13-,15-,17+,18-,19+,23-/m1/s1. The first kappa shape index (κ1) is 23.7. The summed E-state index contributed by atoms with van der Waals surface area (Å²) >= 11 is 6.27. The van der Waals surface area contributed by atoms with E-state index in [2.05, 4.69) is 25.6 Å². The smallest absolute Gasteiger partial charge is 0.252 e. The minimum Gasteiger partial charge on any atom is -0.487 e. The Hall–Kier alpha value is -2.99. The first-order chi connectivity index (χ1) is 17.0. The van der Waals surface area contributed by atoms with Crippen molar-refractivity contribution >= 4 is 34.5 Å². The second-order valence-electron chi connectivity index (χ2n) is 8.64. The largest absolute Gasteiger partial charge is 0.487 e. The van der Waals surface area contributed by atoms with Crippen molar-refractivity contribution in [2.75, 3.05) is 11.9 Å². The van der Waals surface area contributed by atoms with E-state index in [4.69, 9.17) is 21.1 Å². The molecule has 3 heterocycles. The Labute approximate surface area is 206 Å². The van der Waals surface area contributed by atoms with Crippen molar-refractivity contribution in [1.82, 2.24) is 24.8 Å². The Morgan fingerprint density at radius 3 is 2.86 bits per heavy atom. The molecule has 1 saturated heterocycles. The molecule has 1 aromatic carbocycles. The van der Waals surface area contributed by atoms with Gasteiger partial charge in [-0.1, -0.05) is 23.7 Å². The Morgan fingerprint density at radius 1 is 1.23 bits per heavy atom. The van der Waals surface area contributed by atoms with Gasteiger partial charge in [0.05, 0.1) is 17.4 Å². The minimum atomic E-state index is -1.38. The lowest BCUT2D eigenvalue weighted by Crippen LogP contribution is -2.42. The Kier molecular flexibility index (Phi) is 6.74. The fraction of sp³-hybridized carbons (Fsp3) is 0.478. The molecular weight excluding hydrogens is 476 g/mol. The van der Waals surface area contributed by atoms with Crippen molar-refractivity contribution in [3.63, 3.8) is 0 Å². The zero-order valence-electron chi connectivity index (χ0n) is 19.0. The molecular formula is C23H27ClN6O5. The van der Waals surface area contributed by atoms with E-state index in [0.717, 1.165) is 19.3 Å². The molecule has 1 aliphatic carbocycles. The van der Waals surface area contributed by atoms with E-state index in [0.29, 0.717) is 34.3 Å². The number of halogens is 1. The number of carbonyl (C=O) groups excluding carboxylic acids is 1. The number of hydrogen-bond acceptors (Lipinski definition) is 9. The molecule has 0 bridgehead atoms. The molecule has 0 spiro atoms. The number of aliphatic hydroxyl groups excluding tert-OH is 2. The van der Waals surface area contributed by atoms with Crippen LogP contribution in [0.3, 0.4) is 0 Å². The lowest BCUT2D eigenvalue weighted by Gasteiger charge is -2.23. The van der Waals surface area contributed by atoms with Gasteiger partial charge in [-0.2, -0.15) is 0 Å². The van der Waals surface area contributed by atoms with Crippen molar-refractivity contribution in [1.29, 1.82) is 0 Å². The van der Waals surface area contributed by atoms with Gasteiger partial charge in [0, 0.05) is 6.54 Å². The van der Waals surface area contributed by atoms with Crippen LogP contribution < -0.4 is 15.4 Å². The number of imidazole rings is 1. The summed E-state index contributed by atoms with van der Waals surface area (Å²) in [6.07, 6.45) is 0.518. The summed E-state index contributed by atoms with van der Waals surface area (Å²) in [5, 5.41) is 27.5. The lowest BCUT2D eigenvalue weighted by molar-refractivity contribution is -0.137. The number of hydrogen-bond donors (Lipinski definition) is 4. The van der Waals surface area contributed by atoms with Crippen molar-refractivity contribution in [2.45, 2.75) is 62.9 Å². The minimum absolute atomic E-state index is 0.0215. The number of ether oxygens (including phenoxy) is 2. The predicted molar refractivity (Wildman–Crippen MR) is 127 cm³/mol. The monoisotopic (exact) mass is 502 g/mol. The maximum absolute atomic E-state index is 12.2. The number of benzene rings is 1. The Morgan fingerprint density at radius 2 is 2.06 bits per heavy atom. The number of aliphatic hydroxyl groups is 2. The van der Waals surface area contributed by atoms with Crippen molar-refractivity contribution in [2.24, 2.45) is 0 Å². The van der Waals surface area contributed by atoms with Crippen LogP contribution in [0.1, 0.15) is 32.4 Å².